The summed E-state index contributed by atoms with van der Waals surface area (Å²) >= 11 is 0. The van der Waals surface area contributed by atoms with Gasteiger partial charge >= 0.3 is 0 Å². The molecule has 19 heavy (non-hydrogen) atoms. The maximum atomic E-state index is 12.2. The number of nitrogens with two attached hydrogens (primary N) is 1. The van der Waals surface area contributed by atoms with E-state index in [1.165, 1.54) is 0 Å². The molecule has 0 saturated heterocycles. The van der Waals surface area contributed by atoms with E-state index in [9.17, 15) is 4.79 Å². The molecule has 0 aromatic heterocycles. The van der Waals surface area contributed by atoms with Crippen molar-refractivity contribution in [2.75, 3.05) is 21.3 Å². The van der Waals surface area contributed by atoms with E-state index in [2.05, 4.69) is 0 Å². The highest BCUT2D eigenvalue weighted by Gasteiger charge is 2.33. The van der Waals surface area contributed by atoms with Crippen LogP contribution in [0.2, 0.25) is 0 Å². The van der Waals surface area contributed by atoms with Crippen molar-refractivity contribution < 1.29 is 14.3 Å². The zero-order valence-electron chi connectivity index (χ0n) is 12.4. The van der Waals surface area contributed by atoms with Crippen LogP contribution >= 0.6 is 0 Å². The Labute approximate surface area is 114 Å². The standard InChI is InChI=1S/C14H22N2O3/c1-9-7-11(18-5)12(19-6)8-10(9)14(2,3)13(17)16(4)15/h7-8H,15H2,1-6H3. The van der Waals surface area contributed by atoms with Crippen molar-refractivity contribution in [1.29, 1.82) is 0 Å². The van der Waals surface area contributed by atoms with E-state index in [0.29, 0.717) is 11.5 Å². The fourth-order valence-electron chi connectivity index (χ4n) is 2.21. The molecule has 0 atom stereocenters. The normalized spacial score (nSPS) is 11.1. The maximum Gasteiger partial charge on any atom is 0.246 e. The van der Waals surface area contributed by atoms with E-state index in [-0.39, 0.29) is 5.91 Å². The number of aryl methyl sites for hydroxylation is 1. The van der Waals surface area contributed by atoms with Crippen LogP contribution in [0.15, 0.2) is 12.1 Å². The van der Waals surface area contributed by atoms with Crippen molar-refractivity contribution in [3.05, 3.63) is 23.3 Å². The molecule has 0 fully saturated rings. The lowest BCUT2D eigenvalue weighted by molar-refractivity contribution is -0.135. The number of methoxy groups -OCH3 is 2. The summed E-state index contributed by atoms with van der Waals surface area (Å²) in [5.41, 5.74) is 1.10. The van der Waals surface area contributed by atoms with Crippen molar-refractivity contribution in [3.63, 3.8) is 0 Å². The third-order valence-electron chi connectivity index (χ3n) is 3.26. The summed E-state index contributed by atoms with van der Waals surface area (Å²) in [5, 5.41) is 1.11. The molecule has 1 aromatic rings. The molecule has 0 heterocycles. The number of benzene rings is 1. The van der Waals surface area contributed by atoms with Gasteiger partial charge in [-0.2, -0.15) is 0 Å². The summed E-state index contributed by atoms with van der Waals surface area (Å²) in [7, 11) is 4.70. The van der Waals surface area contributed by atoms with Crippen LogP contribution in [0.3, 0.4) is 0 Å². The first-order valence-corrected chi connectivity index (χ1v) is 6.01. The number of rotatable bonds is 4. The second-order valence-electron chi connectivity index (χ2n) is 5.06. The first-order chi connectivity index (χ1) is 8.75. The van der Waals surface area contributed by atoms with Crippen LogP contribution in [0.25, 0.3) is 0 Å². The quantitative estimate of drug-likeness (QED) is 0.511. The monoisotopic (exact) mass is 266 g/mol. The highest BCUT2D eigenvalue weighted by Crippen LogP contribution is 2.36. The summed E-state index contributed by atoms with van der Waals surface area (Å²) < 4.78 is 10.5. The van der Waals surface area contributed by atoms with E-state index >= 15 is 0 Å². The van der Waals surface area contributed by atoms with Gasteiger partial charge < -0.3 is 9.47 Å². The fraction of sp³-hybridized carbons (Fsp3) is 0.500. The Morgan fingerprint density at radius 1 is 1.21 bits per heavy atom. The first kappa shape index (κ1) is 15.3. The second-order valence-corrected chi connectivity index (χ2v) is 5.06. The van der Waals surface area contributed by atoms with Gasteiger partial charge in [-0.25, -0.2) is 5.84 Å². The lowest BCUT2D eigenvalue weighted by atomic mass is 9.81. The molecule has 0 unspecified atom stereocenters. The first-order valence-electron chi connectivity index (χ1n) is 6.01. The number of amides is 1. The van der Waals surface area contributed by atoms with Crippen molar-refractivity contribution in [2.45, 2.75) is 26.2 Å². The molecule has 0 aliphatic heterocycles. The largest absolute Gasteiger partial charge is 0.493 e. The zero-order chi connectivity index (χ0) is 14.8. The Balaban J connectivity index is 3.38. The average molecular weight is 266 g/mol. The molecule has 0 radical (unpaired) electrons. The van der Waals surface area contributed by atoms with Gasteiger partial charge in [-0.15, -0.1) is 0 Å². The van der Waals surface area contributed by atoms with E-state index in [4.69, 9.17) is 15.3 Å². The van der Waals surface area contributed by atoms with Crippen LogP contribution in [-0.4, -0.2) is 32.2 Å². The molecule has 0 aliphatic rings. The Morgan fingerprint density at radius 2 is 1.68 bits per heavy atom. The number of hydrogen-bond acceptors (Lipinski definition) is 4. The van der Waals surface area contributed by atoms with Gasteiger partial charge in [0, 0.05) is 7.05 Å². The van der Waals surface area contributed by atoms with Crippen molar-refractivity contribution >= 4 is 5.91 Å². The molecule has 1 rings (SSSR count). The number of carbonyl (C=O) groups excluding carboxylic acids is 1. The second kappa shape index (κ2) is 5.48. The molecule has 0 saturated carbocycles. The van der Waals surface area contributed by atoms with Crippen LogP contribution in [0.1, 0.15) is 25.0 Å². The fourth-order valence-corrected chi connectivity index (χ4v) is 2.21. The lowest BCUT2D eigenvalue weighted by Gasteiger charge is -2.29. The molecule has 1 aromatic carbocycles. The minimum atomic E-state index is -0.729. The molecule has 1 amide bonds. The summed E-state index contributed by atoms with van der Waals surface area (Å²) in [4.78, 5) is 12.2. The van der Waals surface area contributed by atoms with E-state index in [0.717, 1.165) is 16.1 Å². The molecular formula is C14H22N2O3. The van der Waals surface area contributed by atoms with E-state index in [1.807, 2.05) is 32.9 Å². The average Bonchev–Trinajstić information content (AvgIpc) is 2.36. The van der Waals surface area contributed by atoms with Gasteiger partial charge in [0.25, 0.3) is 0 Å². The zero-order valence-corrected chi connectivity index (χ0v) is 12.4. The summed E-state index contributed by atoms with van der Waals surface area (Å²) in [6, 6.07) is 3.69. The summed E-state index contributed by atoms with van der Waals surface area (Å²) in [6.07, 6.45) is 0. The van der Waals surface area contributed by atoms with Crippen LogP contribution in [0.5, 0.6) is 11.5 Å². The van der Waals surface area contributed by atoms with E-state index < -0.39 is 5.41 Å². The minimum absolute atomic E-state index is 0.164. The predicted molar refractivity (Wildman–Crippen MR) is 74.3 cm³/mol. The van der Waals surface area contributed by atoms with Gasteiger partial charge in [-0.05, 0) is 44.0 Å². The van der Waals surface area contributed by atoms with E-state index in [1.54, 1.807) is 21.3 Å². The number of carbonyl (C=O) groups is 1. The Bertz CT molecular complexity index is 482. The third-order valence-corrected chi connectivity index (χ3v) is 3.26. The molecule has 0 spiro atoms. The van der Waals surface area contributed by atoms with Crippen LogP contribution in [0, 0.1) is 6.92 Å². The molecule has 0 aliphatic carbocycles. The maximum absolute atomic E-state index is 12.2. The third kappa shape index (κ3) is 2.81. The molecule has 0 bridgehead atoms. The highest BCUT2D eigenvalue weighted by atomic mass is 16.5. The molecular weight excluding hydrogens is 244 g/mol. The van der Waals surface area contributed by atoms with Crippen LogP contribution in [0.4, 0.5) is 0 Å². The molecule has 5 nitrogen and oxygen atoms in total. The summed E-state index contributed by atoms with van der Waals surface area (Å²) in [5.74, 6) is 6.65. The lowest BCUT2D eigenvalue weighted by Crippen LogP contribution is -2.45. The summed E-state index contributed by atoms with van der Waals surface area (Å²) in [6.45, 7) is 5.61. The number of likely N-dealkylation sites (N-methyl/N-ethyl adjacent to an activating group) is 1. The number of hydrazine groups is 1. The van der Waals surface area contributed by atoms with Crippen molar-refractivity contribution in [2.24, 2.45) is 5.84 Å². The Morgan fingerprint density at radius 3 is 2.11 bits per heavy atom. The number of nitrogens with zero attached hydrogens (tertiary/aromatic N) is 1. The molecule has 106 valence electrons. The highest BCUT2D eigenvalue weighted by molar-refractivity contribution is 5.87. The van der Waals surface area contributed by atoms with Gasteiger partial charge in [0.1, 0.15) is 0 Å². The molecule has 2 N–H and O–H groups in total. The Kier molecular flexibility index (Phi) is 4.42. The SMILES string of the molecule is COc1cc(C)c(C(C)(C)C(=O)N(C)N)cc1OC. The smallest absolute Gasteiger partial charge is 0.246 e. The van der Waals surface area contributed by atoms with Crippen molar-refractivity contribution in [3.8, 4) is 11.5 Å². The van der Waals surface area contributed by atoms with Gasteiger partial charge in [0.2, 0.25) is 5.91 Å². The van der Waals surface area contributed by atoms with Crippen LogP contribution in [-0.2, 0) is 10.2 Å². The predicted octanol–water partition coefficient (Wildman–Crippen LogP) is 1.62. The van der Waals surface area contributed by atoms with Gasteiger partial charge in [-0.3, -0.25) is 9.80 Å². The molecule has 5 heteroatoms. The number of ether oxygens (including phenoxy) is 2. The van der Waals surface area contributed by atoms with Gasteiger partial charge in [0.15, 0.2) is 11.5 Å². The van der Waals surface area contributed by atoms with Gasteiger partial charge in [0.05, 0.1) is 19.6 Å². The minimum Gasteiger partial charge on any atom is -0.493 e. The van der Waals surface area contributed by atoms with Crippen molar-refractivity contribution in [1.82, 2.24) is 5.01 Å². The van der Waals surface area contributed by atoms with Gasteiger partial charge in [-0.1, -0.05) is 0 Å². The number of hydrogen-bond donors (Lipinski definition) is 1. The Hall–Kier alpha value is -1.75. The topological polar surface area (TPSA) is 64.8 Å². The van der Waals surface area contributed by atoms with Crippen LogP contribution < -0.4 is 15.3 Å².